The number of pyridine rings is 1. The van der Waals surface area contributed by atoms with Crippen molar-refractivity contribution in [2.75, 3.05) is 7.11 Å². The van der Waals surface area contributed by atoms with Gasteiger partial charge in [-0.25, -0.2) is 0 Å². The van der Waals surface area contributed by atoms with Gasteiger partial charge in [-0.05, 0) is 42.5 Å². The molecule has 2 N–H and O–H groups in total. The molecule has 6 heteroatoms. The number of aryl methyl sites for hydroxylation is 1. The average Bonchev–Trinajstić information content (AvgIpc) is 2.61. The number of nitriles is 1. The molecule has 0 unspecified atom stereocenters. The minimum absolute atomic E-state index is 0.0827. The van der Waals surface area contributed by atoms with E-state index in [-0.39, 0.29) is 23.5 Å². The fourth-order valence-corrected chi connectivity index (χ4v) is 2.97. The van der Waals surface area contributed by atoms with Crippen LogP contribution in [0.5, 0.6) is 0 Å². The second kappa shape index (κ2) is 8.97. The SMILES string of the molecule is COCc1ccccc1CNC(=O)CCc1c(C)[nH]c(=O)c(C#N)c1C. The molecule has 0 saturated carbocycles. The molecule has 0 aliphatic rings. The number of benzene rings is 1. The van der Waals surface area contributed by atoms with E-state index >= 15 is 0 Å². The Balaban J connectivity index is 2.00. The minimum atomic E-state index is -0.384. The van der Waals surface area contributed by atoms with Gasteiger partial charge in [-0.15, -0.1) is 0 Å². The number of carbonyl (C=O) groups is 1. The number of amides is 1. The Hall–Kier alpha value is -2.91. The van der Waals surface area contributed by atoms with E-state index in [0.29, 0.717) is 30.8 Å². The first-order valence-electron chi connectivity index (χ1n) is 8.42. The number of hydrogen-bond donors (Lipinski definition) is 2. The average molecular weight is 353 g/mol. The molecule has 2 rings (SSSR count). The molecular formula is C20H23N3O3. The molecule has 0 saturated heterocycles. The van der Waals surface area contributed by atoms with Gasteiger partial charge in [0.15, 0.2) is 0 Å². The Morgan fingerprint density at radius 1 is 1.27 bits per heavy atom. The first kappa shape index (κ1) is 19.4. The summed E-state index contributed by atoms with van der Waals surface area (Å²) in [6, 6.07) is 9.73. The molecular weight excluding hydrogens is 330 g/mol. The lowest BCUT2D eigenvalue weighted by molar-refractivity contribution is -0.121. The Bertz CT molecular complexity index is 894. The molecule has 0 atom stereocenters. The number of nitrogens with one attached hydrogen (secondary N) is 2. The molecule has 2 aromatic rings. The van der Waals surface area contributed by atoms with Gasteiger partial charge in [0, 0.05) is 25.8 Å². The van der Waals surface area contributed by atoms with Crippen LogP contribution in [0.25, 0.3) is 0 Å². The number of carbonyl (C=O) groups excluding carboxylic acids is 1. The lowest BCUT2D eigenvalue weighted by Crippen LogP contribution is -2.24. The number of H-pyrrole nitrogens is 1. The van der Waals surface area contributed by atoms with E-state index < -0.39 is 0 Å². The maximum absolute atomic E-state index is 12.2. The minimum Gasteiger partial charge on any atom is -0.380 e. The highest BCUT2D eigenvalue weighted by atomic mass is 16.5. The summed E-state index contributed by atoms with van der Waals surface area (Å²) in [7, 11) is 1.64. The fraction of sp³-hybridized carbons (Fsp3) is 0.350. The van der Waals surface area contributed by atoms with Gasteiger partial charge in [0.25, 0.3) is 5.56 Å². The number of ether oxygens (including phenoxy) is 1. The number of rotatable bonds is 7. The highest BCUT2D eigenvalue weighted by Gasteiger charge is 2.13. The highest BCUT2D eigenvalue weighted by molar-refractivity contribution is 5.76. The third-order valence-corrected chi connectivity index (χ3v) is 4.42. The topological polar surface area (TPSA) is 95.0 Å². The number of methoxy groups -OCH3 is 1. The van der Waals surface area contributed by atoms with Crippen molar-refractivity contribution in [3.63, 3.8) is 0 Å². The van der Waals surface area contributed by atoms with Crippen molar-refractivity contribution in [2.45, 2.75) is 39.8 Å². The van der Waals surface area contributed by atoms with Crippen LogP contribution in [0, 0.1) is 25.2 Å². The molecule has 26 heavy (non-hydrogen) atoms. The van der Waals surface area contributed by atoms with Crippen LogP contribution < -0.4 is 10.9 Å². The molecule has 0 aliphatic heterocycles. The second-order valence-electron chi connectivity index (χ2n) is 6.15. The first-order valence-corrected chi connectivity index (χ1v) is 8.42. The zero-order valence-electron chi connectivity index (χ0n) is 15.3. The number of aromatic nitrogens is 1. The molecule has 136 valence electrons. The zero-order valence-corrected chi connectivity index (χ0v) is 15.3. The number of nitrogens with zero attached hydrogens (tertiary/aromatic N) is 1. The van der Waals surface area contributed by atoms with E-state index in [1.165, 1.54) is 0 Å². The van der Waals surface area contributed by atoms with Gasteiger partial charge in [-0.3, -0.25) is 9.59 Å². The van der Waals surface area contributed by atoms with Crippen LogP contribution in [0.3, 0.4) is 0 Å². The Kier molecular flexibility index (Phi) is 6.70. The van der Waals surface area contributed by atoms with Crippen molar-refractivity contribution in [3.8, 4) is 6.07 Å². The van der Waals surface area contributed by atoms with E-state index in [4.69, 9.17) is 10.00 Å². The van der Waals surface area contributed by atoms with E-state index in [0.717, 1.165) is 16.7 Å². The van der Waals surface area contributed by atoms with Gasteiger partial charge in [-0.2, -0.15) is 5.26 Å². The molecule has 1 heterocycles. The molecule has 0 aliphatic carbocycles. The summed E-state index contributed by atoms with van der Waals surface area (Å²) < 4.78 is 5.17. The summed E-state index contributed by atoms with van der Waals surface area (Å²) in [6.45, 7) is 4.46. The van der Waals surface area contributed by atoms with Crippen molar-refractivity contribution < 1.29 is 9.53 Å². The van der Waals surface area contributed by atoms with Crippen molar-refractivity contribution in [1.82, 2.24) is 10.3 Å². The Morgan fingerprint density at radius 2 is 1.96 bits per heavy atom. The third kappa shape index (κ3) is 4.58. The lowest BCUT2D eigenvalue weighted by atomic mass is 9.99. The van der Waals surface area contributed by atoms with Crippen molar-refractivity contribution >= 4 is 5.91 Å². The summed E-state index contributed by atoms with van der Waals surface area (Å²) in [5.74, 6) is -0.0827. The van der Waals surface area contributed by atoms with Gasteiger partial charge in [0.05, 0.1) is 6.61 Å². The monoisotopic (exact) mass is 353 g/mol. The van der Waals surface area contributed by atoms with Crippen LogP contribution in [-0.4, -0.2) is 18.0 Å². The van der Waals surface area contributed by atoms with E-state index in [1.54, 1.807) is 21.0 Å². The standard InChI is InChI=1S/C20H23N3O3/c1-13-17(14(2)23-20(25)18(13)10-21)8-9-19(24)22-11-15-6-4-5-7-16(15)12-26-3/h4-7H,8-9,11-12H2,1-3H3,(H,22,24)(H,23,25). The Morgan fingerprint density at radius 3 is 2.62 bits per heavy atom. The molecule has 0 bridgehead atoms. The van der Waals surface area contributed by atoms with Crippen LogP contribution in [0.15, 0.2) is 29.1 Å². The molecule has 6 nitrogen and oxygen atoms in total. The summed E-state index contributed by atoms with van der Waals surface area (Å²) >= 11 is 0. The molecule has 0 spiro atoms. The third-order valence-electron chi connectivity index (χ3n) is 4.42. The quantitative estimate of drug-likeness (QED) is 0.798. The first-order chi connectivity index (χ1) is 12.5. The summed E-state index contributed by atoms with van der Waals surface area (Å²) in [5.41, 5.74) is 3.98. The number of hydrogen-bond acceptors (Lipinski definition) is 4. The largest absolute Gasteiger partial charge is 0.380 e. The van der Waals surface area contributed by atoms with Crippen LogP contribution in [0.4, 0.5) is 0 Å². The molecule has 0 radical (unpaired) electrons. The predicted octanol–water partition coefficient (Wildman–Crippen LogP) is 2.26. The van der Waals surface area contributed by atoms with E-state index in [2.05, 4.69) is 10.3 Å². The van der Waals surface area contributed by atoms with E-state index in [9.17, 15) is 9.59 Å². The molecule has 1 amide bonds. The van der Waals surface area contributed by atoms with Gasteiger partial charge < -0.3 is 15.0 Å². The summed E-state index contributed by atoms with van der Waals surface area (Å²) in [5, 5.41) is 12.0. The van der Waals surface area contributed by atoms with Crippen LogP contribution in [0.2, 0.25) is 0 Å². The zero-order chi connectivity index (χ0) is 19.1. The fourth-order valence-electron chi connectivity index (χ4n) is 2.97. The lowest BCUT2D eigenvalue weighted by Gasteiger charge is -2.12. The van der Waals surface area contributed by atoms with Gasteiger partial charge >= 0.3 is 0 Å². The van der Waals surface area contributed by atoms with Gasteiger partial charge in [0.2, 0.25) is 5.91 Å². The van der Waals surface area contributed by atoms with Crippen LogP contribution in [-0.2, 0) is 29.1 Å². The van der Waals surface area contributed by atoms with Gasteiger partial charge in [0.1, 0.15) is 11.6 Å². The smallest absolute Gasteiger partial charge is 0.266 e. The van der Waals surface area contributed by atoms with Crippen LogP contribution >= 0.6 is 0 Å². The van der Waals surface area contributed by atoms with Crippen LogP contribution in [0.1, 0.15) is 39.9 Å². The van der Waals surface area contributed by atoms with Gasteiger partial charge in [-0.1, -0.05) is 24.3 Å². The maximum Gasteiger partial charge on any atom is 0.266 e. The summed E-state index contributed by atoms with van der Waals surface area (Å²) in [6.07, 6.45) is 0.750. The maximum atomic E-state index is 12.2. The second-order valence-corrected chi connectivity index (χ2v) is 6.15. The molecule has 1 aromatic heterocycles. The molecule has 1 aromatic carbocycles. The number of aromatic amines is 1. The van der Waals surface area contributed by atoms with E-state index in [1.807, 2.05) is 30.3 Å². The summed E-state index contributed by atoms with van der Waals surface area (Å²) in [4.78, 5) is 26.7. The molecule has 0 fully saturated rings. The Labute approximate surface area is 152 Å². The predicted molar refractivity (Wildman–Crippen MR) is 98.6 cm³/mol. The van der Waals surface area contributed by atoms with Crippen molar-refractivity contribution in [2.24, 2.45) is 0 Å². The van der Waals surface area contributed by atoms with Crippen molar-refractivity contribution in [3.05, 3.63) is 68.1 Å². The van der Waals surface area contributed by atoms with Crippen molar-refractivity contribution in [1.29, 1.82) is 5.26 Å². The normalized spacial score (nSPS) is 10.4. The highest BCUT2D eigenvalue weighted by Crippen LogP contribution is 2.15.